The van der Waals surface area contributed by atoms with Crippen LogP contribution in [0.3, 0.4) is 0 Å². The van der Waals surface area contributed by atoms with Crippen LogP contribution in [0.2, 0.25) is 0 Å². The minimum absolute atomic E-state index is 0.0206. The Labute approximate surface area is 195 Å². The monoisotopic (exact) mass is 455 g/mol. The highest BCUT2D eigenvalue weighted by Gasteiger charge is 2.39. The summed E-state index contributed by atoms with van der Waals surface area (Å²) in [6, 6.07) is 13.2. The maximum atomic E-state index is 13.3. The van der Waals surface area contributed by atoms with Crippen molar-refractivity contribution in [2.75, 3.05) is 14.1 Å². The molecule has 2 aromatic carbocycles. The number of hydrogen-bond acceptors (Lipinski definition) is 4. The summed E-state index contributed by atoms with van der Waals surface area (Å²) in [7, 11) is 4.17. The van der Waals surface area contributed by atoms with Crippen LogP contribution in [-0.2, 0) is 11.2 Å². The van der Waals surface area contributed by atoms with E-state index in [1.807, 2.05) is 12.1 Å². The van der Waals surface area contributed by atoms with E-state index in [-0.39, 0.29) is 23.3 Å². The first-order valence-electron chi connectivity index (χ1n) is 11.3. The van der Waals surface area contributed by atoms with Crippen molar-refractivity contribution in [1.82, 2.24) is 10.2 Å². The summed E-state index contributed by atoms with van der Waals surface area (Å²) in [5.74, 6) is -0.418. The third kappa shape index (κ3) is 6.11. The number of nitrogens with one attached hydrogen (secondary N) is 1. The number of likely N-dealkylation sites (N-methyl/N-ethyl adjacent to an activating group) is 1. The molecule has 0 atom stereocenters. The highest BCUT2D eigenvalue weighted by molar-refractivity contribution is 5.92. The molecule has 0 unspecified atom stereocenters. The SMILES string of the molecule is CN(C)C1(Cc2ccc(F)cc2)CCC(NC(=O)C(C)(C)Oc2ccc(C(N)=O)cc2)CC1. The average molecular weight is 456 g/mol. The molecule has 0 radical (unpaired) electrons. The van der Waals surface area contributed by atoms with Gasteiger partial charge in [-0.2, -0.15) is 0 Å². The van der Waals surface area contributed by atoms with E-state index in [4.69, 9.17) is 10.5 Å². The molecule has 1 aliphatic rings. The number of nitrogens with zero attached hydrogens (tertiary/aromatic N) is 1. The summed E-state index contributed by atoms with van der Waals surface area (Å²) in [5.41, 5.74) is 5.68. The molecule has 1 saturated carbocycles. The van der Waals surface area contributed by atoms with Gasteiger partial charge in [0.15, 0.2) is 5.60 Å². The van der Waals surface area contributed by atoms with Crippen molar-refractivity contribution >= 4 is 11.8 Å². The first-order valence-corrected chi connectivity index (χ1v) is 11.3. The molecule has 2 aromatic rings. The Balaban J connectivity index is 1.58. The number of amides is 2. The molecule has 178 valence electrons. The van der Waals surface area contributed by atoms with Crippen LogP contribution in [0.1, 0.15) is 55.5 Å². The minimum atomic E-state index is -1.07. The zero-order valence-corrected chi connectivity index (χ0v) is 19.9. The van der Waals surface area contributed by atoms with Gasteiger partial charge in [-0.05, 0) is 102 Å². The van der Waals surface area contributed by atoms with Crippen LogP contribution in [-0.4, -0.2) is 48.0 Å². The summed E-state index contributed by atoms with van der Waals surface area (Å²) in [4.78, 5) is 26.5. The van der Waals surface area contributed by atoms with Crippen LogP contribution in [0.15, 0.2) is 48.5 Å². The molecule has 3 rings (SSSR count). The van der Waals surface area contributed by atoms with Crippen LogP contribution in [0.4, 0.5) is 4.39 Å². The van der Waals surface area contributed by atoms with Gasteiger partial charge in [0.1, 0.15) is 11.6 Å². The lowest BCUT2D eigenvalue weighted by Crippen LogP contribution is -2.55. The zero-order valence-electron chi connectivity index (χ0n) is 19.9. The van der Waals surface area contributed by atoms with Gasteiger partial charge in [0.2, 0.25) is 5.91 Å². The second-order valence-corrected chi connectivity index (χ2v) is 9.67. The van der Waals surface area contributed by atoms with E-state index >= 15 is 0 Å². The van der Waals surface area contributed by atoms with E-state index in [2.05, 4.69) is 24.3 Å². The molecule has 0 heterocycles. The molecule has 0 spiro atoms. The molecule has 0 aliphatic heterocycles. The van der Waals surface area contributed by atoms with Gasteiger partial charge in [-0.15, -0.1) is 0 Å². The Kier molecular flexibility index (Phi) is 7.42. The third-order valence-electron chi connectivity index (χ3n) is 6.71. The number of primary amides is 1. The van der Waals surface area contributed by atoms with Crippen LogP contribution in [0.5, 0.6) is 5.75 Å². The van der Waals surface area contributed by atoms with Crippen molar-refractivity contribution in [2.45, 2.75) is 63.1 Å². The fourth-order valence-corrected chi connectivity index (χ4v) is 4.45. The van der Waals surface area contributed by atoms with Crippen molar-refractivity contribution in [2.24, 2.45) is 5.73 Å². The molecule has 0 aromatic heterocycles. The summed E-state index contributed by atoms with van der Waals surface area (Å²) in [5, 5.41) is 3.15. The van der Waals surface area contributed by atoms with E-state index in [0.717, 1.165) is 37.7 Å². The van der Waals surface area contributed by atoms with E-state index in [1.165, 1.54) is 12.1 Å². The van der Waals surface area contributed by atoms with E-state index in [9.17, 15) is 14.0 Å². The molecule has 1 fully saturated rings. The van der Waals surface area contributed by atoms with Gasteiger partial charge in [-0.3, -0.25) is 9.59 Å². The van der Waals surface area contributed by atoms with Gasteiger partial charge in [0, 0.05) is 17.1 Å². The number of rotatable bonds is 8. The van der Waals surface area contributed by atoms with Crippen LogP contribution in [0, 0.1) is 5.82 Å². The Morgan fingerprint density at radius 3 is 2.18 bits per heavy atom. The first kappa shape index (κ1) is 24.7. The third-order valence-corrected chi connectivity index (χ3v) is 6.71. The topological polar surface area (TPSA) is 84.7 Å². The van der Waals surface area contributed by atoms with Gasteiger partial charge in [0.05, 0.1) is 0 Å². The number of carbonyl (C=O) groups is 2. The number of nitrogens with two attached hydrogens (primary N) is 1. The second kappa shape index (κ2) is 9.91. The van der Waals surface area contributed by atoms with Crippen LogP contribution >= 0.6 is 0 Å². The van der Waals surface area contributed by atoms with E-state index in [1.54, 1.807) is 38.1 Å². The maximum Gasteiger partial charge on any atom is 0.263 e. The molecule has 1 aliphatic carbocycles. The fourth-order valence-electron chi connectivity index (χ4n) is 4.45. The van der Waals surface area contributed by atoms with Gasteiger partial charge >= 0.3 is 0 Å². The Morgan fingerprint density at radius 1 is 1.09 bits per heavy atom. The van der Waals surface area contributed by atoms with Crippen molar-refractivity contribution < 1.29 is 18.7 Å². The number of halogens is 1. The predicted molar refractivity (Wildman–Crippen MR) is 127 cm³/mol. The number of carbonyl (C=O) groups excluding carboxylic acids is 2. The summed E-state index contributed by atoms with van der Waals surface area (Å²) in [6.07, 6.45) is 4.41. The van der Waals surface area contributed by atoms with Crippen molar-refractivity contribution in [3.05, 3.63) is 65.5 Å². The molecular formula is C26H34FN3O3. The quantitative estimate of drug-likeness (QED) is 0.636. The number of ether oxygens (including phenoxy) is 1. The Hall–Kier alpha value is -2.93. The lowest BCUT2D eigenvalue weighted by molar-refractivity contribution is -0.135. The Morgan fingerprint density at radius 2 is 1.67 bits per heavy atom. The highest BCUT2D eigenvalue weighted by atomic mass is 19.1. The normalized spacial score (nSPS) is 21.0. The number of hydrogen-bond donors (Lipinski definition) is 2. The van der Waals surface area contributed by atoms with Crippen molar-refractivity contribution in [3.63, 3.8) is 0 Å². The highest BCUT2D eigenvalue weighted by Crippen LogP contribution is 2.35. The van der Waals surface area contributed by atoms with Crippen molar-refractivity contribution in [3.8, 4) is 5.75 Å². The Bertz CT molecular complexity index is 963. The smallest absolute Gasteiger partial charge is 0.263 e. The maximum absolute atomic E-state index is 13.3. The van der Waals surface area contributed by atoms with Gasteiger partial charge < -0.3 is 20.7 Å². The van der Waals surface area contributed by atoms with E-state index < -0.39 is 11.5 Å². The van der Waals surface area contributed by atoms with Gasteiger partial charge in [-0.25, -0.2) is 4.39 Å². The van der Waals surface area contributed by atoms with Crippen LogP contribution < -0.4 is 15.8 Å². The van der Waals surface area contributed by atoms with Gasteiger partial charge in [0.25, 0.3) is 5.91 Å². The first-order chi connectivity index (χ1) is 15.5. The van der Waals surface area contributed by atoms with E-state index in [0.29, 0.717) is 11.3 Å². The summed E-state index contributed by atoms with van der Waals surface area (Å²) < 4.78 is 19.2. The zero-order chi connectivity index (χ0) is 24.2. The molecule has 0 bridgehead atoms. The largest absolute Gasteiger partial charge is 0.478 e. The summed E-state index contributed by atoms with van der Waals surface area (Å²) in [6.45, 7) is 3.46. The fraction of sp³-hybridized carbons (Fsp3) is 0.462. The lowest BCUT2D eigenvalue weighted by Gasteiger charge is -2.46. The molecular weight excluding hydrogens is 421 g/mol. The molecule has 6 nitrogen and oxygen atoms in total. The lowest BCUT2D eigenvalue weighted by atomic mass is 9.74. The molecule has 7 heteroatoms. The van der Waals surface area contributed by atoms with Crippen molar-refractivity contribution in [1.29, 1.82) is 0 Å². The summed E-state index contributed by atoms with van der Waals surface area (Å²) >= 11 is 0. The number of benzene rings is 2. The van der Waals surface area contributed by atoms with Crippen LogP contribution in [0.25, 0.3) is 0 Å². The molecule has 3 N–H and O–H groups in total. The molecule has 0 saturated heterocycles. The molecule has 33 heavy (non-hydrogen) atoms. The minimum Gasteiger partial charge on any atom is -0.478 e. The second-order valence-electron chi connectivity index (χ2n) is 9.67. The van der Waals surface area contributed by atoms with Gasteiger partial charge in [-0.1, -0.05) is 12.1 Å². The predicted octanol–water partition coefficient (Wildman–Crippen LogP) is 3.68. The molecule has 2 amide bonds. The standard InChI is InChI=1S/C26H34FN3O3/c1-25(2,33-22-11-7-19(8-12-22)23(28)31)24(32)29-21-13-15-26(16-14-21,30(3)4)17-18-5-9-20(27)10-6-18/h5-12,21H,13-17H2,1-4H3,(H2,28,31)(H,29,32). The average Bonchev–Trinajstić information content (AvgIpc) is 2.76.